The summed E-state index contributed by atoms with van der Waals surface area (Å²) in [6.07, 6.45) is 5.02. The number of nitrogens with zero attached hydrogens (tertiary/aromatic N) is 5. The Balaban J connectivity index is 1.84. The van der Waals surface area contributed by atoms with E-state index in [1.54, 1.807) is 55.4 Å². The molecule has 0 aliphatic heterocycles. The number of ether oxygens (including phenoxy) is 2. The van der Waals surface area contributed by atoms with E-state index in [1.807, 2.05) is 24.3 Å². The summed E-state index contributed by atoms with van der Waals surface area (Å²) in [6, 6.07) is 9.21. The van der Waals surface area contributed by atoms with Crippen LogP contribution in [0.3, 0.4) is 0 Å². The van der Waals surface area contributed by atoms with Crippen LogP contribution in [-0.2, 0) is 13.6 Å². The number of methoxy groups -OCH3 is 2. The molecule has 3 heterocycles. The van der Waals surface area contributed by atoms with Crippen LogP contribution >= 0.6 is 11.3 Å². The fraction of sp³-hybridized carbons (Fsp3) is 0.200. The Morgan fingerprint density at radius 3 is 2.55 bits per heavy atom. The Hall–Kier alpha value is -3.46. The standard InChI is InChI=1S/C20H19N5O3S/c1-24-11-10-22-18(24)19(26)25(12-13-6-4-5-9-21-13)20-23-16-14(27-2)7-8-15(28-3)17(16)29-20/h4-11H,12H2,1-3H3. The largest absolute Gasteiger partial charge is 0.495 e. The number of pyridine rings is 1. The monoisotopic (exact) mass is 409 g/mol. The van der Waals surface area contributed by atoms with Crippen LogP contribution < -0.4 is 14.4 Å². The Labute approximate surface area is 171 Å². The Morgan fingerprint density at radius 1 is 1.10 bits per heavy atom. The maximum Gasteiger partial charge on any atom is 0.296 e. The van der Waals surface area contributed by atoms with Crippen molar-refractivity contribution in [1.82, 2.24) is 19.5 Å². The first kappa shape index (κ1) is 18.9. The molecule has 0 N–H and O–H groups in total. The molecule has 0 saturated carbocycles. The molecular formula is C20H19N5O3S. The topological polar surface area (TPSA) is 82.4 Å². The summed E-state index contributed by atoms with van der Waals surface area (Å²) in [5, 5.41) is 0.515. The molecule has 0 bridgehead atoms. The molecule has 3 aromatic heterocycles. The molecular weight excluding hydrogens is 390 g/mol. The van der Waals surface area contributed by atoms with Gasteiger partial charge >= 0.3 is 0 Å². The van der Waals surface area contributed by atoms with E-state index in [-0.39, 0.29) is 12.5 Å². The van der Waals surface area contributed by atoms with Crippen LogP contribution in [0, 0.1) is 0 Å². The minimum absolute atomic E-state index is 0.261. The molecule has 0 radical (unpaired) electrons. The third-order valence-corrected chi connectivity index (χ3v) is 5.53. The van der Waals surface area contributed by atoms with Gasteiger partial charge in [0.15, 0.2) is 11.0 Å². The van der Waals surface area contributed by atoms with Gasteiger partial charge in [0.1, 0.15) is 21.7 Å². The van der Waals surface area contributed by atoms with Crippen LogP contribution in [0.2, 0.25) is 0 Å². The molecule has 1 aromatic carbocycles. The van der Waals surface area contributed by atoms with Gasteiger partial charge in [0.2, 0.25) is 0 Å². The maximum absolute atomic E-state index is 13.3. The van der Waals surface area contributed by atoms with Gasteiger partial charge in [-0.15, -0.1) is 0 Å². The number of carbonyl (C=O) groups is 1. The molecule has 0 aliphatic rings. The summed E-state index contributed by atoms with van der Waals surface area (Å²) < 4.78 is 13.4. The highest BCUT2D eigenvalue weighted by Gasteiger charge is 2.26. The number of rotatable bonds is 6. The van der Waals surface area contributed by atoms with E-state index in [0.29, 0.717) is 28.0 Å². The Morgan fingerprint density at radius 2 is 1.90 bits per heavy atom. The molecule has 0 atom stereocenters. The second-order valence-corrected chi connectivity index (χ2v) is 7.20. The predicted octanol–water partition coefficient (Wildman–Crippen LogP) is 3.29. The summed E-state index contributed by atoms with van der Waals surface area (Å²) in [4.78, 5) is 28.2. The fourth-order valence-corrected chi connectivity index (χ4v) is 4.03. The molecule has 148 valence electrons. The molecule has 1 amide bonds. The molecule has 0 saturated heterocycles. The lowest BCUT2D eigenvalue weighted by Gasteiger charge is -2.19. The molecule has 8 nitrogen and oxygen atoms in total. The zero-order chi connectivity index (χ0) is 20.4. The van der Waals surface area contributed by atoms with Gasteiger partial charge in [0.05, 0.1) is 26.5 Å². The SMILES string of the molecule is COc1ccc(OC)c2sc(N(Cc3ccccn3)C(=O)c3nccn3C)nc12. The van der Waals surface area contributed by atoms with E-state index < -0.39 is 0 Å². The maximum atomic E-state index is 13.3. The Kier molecular flexibility index (Phi) is 5.13. The van der Waals surface area contributed by atoms with E-state index in [4.69, 9.17) is 14.5 Å². The number of hydrogen-bond donors (Lipinski definition) is 0. The van der Waals surface area contributed by atoms with Crippen LogP contribution in [0.5, 0.6) is 11.5 Å². The first-order valence-electron chi connectivity index (χ1n) is 8.83. The van der Waals surface area contributed by atoms with E-state index in [1.165, 1.54) is 11.3 Å². The fourth-order valence-electron chi connectivity index (χ4n) is 2.96. The lowest BCUT2D eigenvalue weighted by Crippen LogP contribution is -2.32. The summed E-state index contributed by atoms with van der Waals surface area (Å²) in [5.74, 6) is 1.34. The Bertz CT molecular complexity index is 1110. The molecule has 4 rings (SSSR count). The summed E-state index contributed by atoms with van der Waals surface area (Å²) in [7, 11) is 4.97. The number of imidazole rings is 1. The molecule has 0 fully saturated rings. The van der Waals surface area contributed by atoms with E-state index in [0.717, 1.165) is 10.4 Å². The van der Waals surface area contributed by atoms with Crippen molar-refractivity contribution in [2.75, 3.05) is 19.1 Å². The molecule has 0 spiro atoms. The number of amides is 1. The van der Waals surface area contributed by atoms with Crippen molar-refractivity contribution >= 4 is 32.6 Å². The number of thiazole rings is 1. The van der Waals surface area contributed by atoms with Crippen molar-refractivity contribution in [3.05, 3.63) is 60.4 Å². The third kappa shape index (κ3) is 3.52. The zero-order valence-corrected chi connectivity index (χ0v) is 17.0. The first-order valence-corrected chi connectivity index (χ1v) is 9.64. The lowest BCUT2D eigenvalue weighted by atomic mass is 10.3. The van der Waals surface area contributed by atoms with Crippen molar-refractivity contribution in [2.24, 2.45) is 7.05 Å². The molecule has 4 aromatic rings. The van der Waals surface area contributed by atoms with E-state index >= 15 is 0 Å². The number of fused-ring (bicyclic) bond motifs is 1. The van der Waals surface area contributed by atoms with Crippen molar-refractivity contribution in [3.63, 3.8) is 0 Å². The van der Waals surface area contributed by atoms with Gasteiger partial charge in [0.25, 0.3) is 5.91 Å². The molecule has 29 heavy (non-hydrogen) atoms. The van der Waals surface area contributed by atoms with Crippen molar-refractivity contribution in [1.29, 1.82) is 0 Å². The minimum Gasteiger partial charge on any atom is -0.495 e. The average molecular weight is 409 g/mol. The van der Waals surface area contributed by atoms with Crippen molar-refractivity contribution in [2.45, 2.75) is 6.54 Å². The van der Waals surface area contributed by atoms with Gasteiger partial charge in [0, 0.05) is 25.6 Å². The number of carbonyl (C=O) groups excluding carboxylic acids is 1. The van der Waals surface area contributed by atoms with Gasteiger partial charge in [-0.25, -0.2) is 9.97 Å². The molecule has 0 aliphatic carbocycles. The predicted molar refractivity (Wildman–Crippen MR) is 111 cm³/mol. The average Bonchev–Trinajstić information content (AvgIpc) is 3.38. The quantitative estimate of drug-likeness (QED) is 0.486. The van der Waals surface area contributed by atoms with Gasteiger partial charge in [-0.2, -0.15) is 0 Å². The van der Waals surface area contributed by atoms with Crippen LogP contribution in [0.25, 0.3) is 10.2 Å². The highest BCUT2D eigenvalue weighted by molar-refractivity contribution is 7.22. The summed E-state index contributed by atoms with van der Waals surface area (Å²) in [6.45, 7) is 0.261. The zero-order valence-electron chi connectivity index (χ0n) is 16.2. The first-order chi connectivity index (χ1) is 14.1. The molecule has 9 heteroatoms. The smallest absolute Gasteiger partial charge is 0.296 e. The minimum atomic E-state index is -0.264. The van der Waals surface area contributed by atoms with Crippen molar-refractivity contribution < 1.29 is 14.3 Å². The van der Waals surface area contributed by atoms with Crippen LogP contribution in [0.1, 0.15) is 16.3 Å². The number of aryl methyl sites for hydroxylation is 1. The molecule has 0 unspecified atom stereocenters. The lowest BCUT2D eigenvalue weighted by molar-refractivity contribution is 0.0972. The highest BCUT2D eigenvalue weighted by Crippen LogP contribution is 2.40. The normalized spacial score (nSPS) is 10.9. The van der Waals surface area contributed by atoms with Gasteiger partial charge in [-0.3, -0.25) is 14.7 Å². The van der Waals surface area contributed by atoms with Gasteiger partial charge in [-0.1, -0.05) is 17.4 Å². The number of aromatic nitrogens is 4. The van der Waals surface area contributed by atoms with Crippen LogP contribution in [0.4, 0.5) is 5.13 Å². The summed E-state index contributed by atoms with van der Waals surface area (Å²) in [5.41, 5.74) is 1.39. The van der Waals surface area contributed by atoms with E-state index in [9.17, 15) is 4.79 Å². The number of anilines is 1. The number of hydrogen-bond acceptors (Lipinski definition) is 7. The number of benzene rings is 1. The summed E-state index contributed by atoms with van der Waals surface area (Å²) >= 11 is 1.36. The van der Waals surface area contributed by atoms with Crippen LogP contribution in [-0.4, -0.2) is 39.6 Å². The highest BCUT2D eigenvalue weighted by atomic mass is 32.1. The van der Waals surface area contributed by atoms with Crippen molar-refractivity contribution in [3.8, 4) is 11.5 Å². The third-order valence-electron chi connectivity index (χ3n) is 4.43. The van der Waals surface area contributed by atoms with Crippen LogP contribution in [0.15, 0.2) is 48.9 Å². The second kappa shape index (κ2) is 7.88. The van der Waals surface area contributed by atoms with Gasteiger partial charge in [-0.05, 0) is 24.3 Å². The van der Waals surface area contributed by atoms with E-state index in [2.05, 4.69) is 9.97 Å². The van der Waals surface area contributed by atoms with Gasteiger partial charge < -0.3 is 14.0 Å². The second-order valence-electron chi connectivity index (χ2n) is 6.22.